The molecule has 1 aliphatic rings. The van der Waals surface area contributed by atoms with Gasteiger partial charge in [-0.15, -0.1) is 0 Å². The average molecular weight is 376 g/mol. The first-order valence-electron chi connectivity index (χ1n) is 8.41. The fourth-order valence-corrected chi connectivity index (χ4v) is 3.56. The topological polar surface area (TPSA) is 144 Å². The van der Waals surface area contributed by atoms with E-state index in [1.807, 2.05) is 6.92 Å². The zero-order valence-electron chi connectivity index (χ0n) is 14.9. The van der Waals surface area contributed by atoms with Gasteiger partial charge in [-0.2, -0.15) is 0 Å². The molecule has 1 aliphatic carbocycles. The number of carbonyl (C=O) groups is 4. The van der Waals surface area contributed by atoms with Crippen LogP contribution in [0.5, 0.6) is 0 Å². The number of carboxylic acid groups (broad SMARTS) is 1. The van der Waals surface area contributed by atoms with E-state index < -0.39 is 58.6 Å². The standard InChI is InChI=1S/C18H20N2O7/c1-9-3-5-11(6-4-9)19-18(25)17(24)16(20(26)27)15-10(2)7-13(21)12(15)8-14(22)23/h3-6,10,12,15-16H,7-8H2,1-2H3,(H,19,25)(H,22,23)/t10-,12+,15+,16+/m1/s1. The molecule has 0 saturated heterocycles. The van der Waals surface area contributed by atoms with Gasteiger partial charge < -0.3 is 10.4 Å². The van der Waals surface area contributed by atoms with Crippen LogP contribution >= 0.6 is 0 Å². The molecule has 9 heteroatoms. The Balaban J connectivity index is 2.26. The highest BCUT2D eigenvalue weighted by Crippen LogP contribution is 2.39. The smallest absolute Gasteiger partial charge is 0.304 e. The normalized spacial score (nSPS) is 22.9. The number of benzene rings is 1. The molecule has 1 aromatic rings. The second-order valence-electron chi connectivity index (χ2n) is 6.84. The van der Waals surface area contributed by atoms with Crippen molar-refractivity contribution in [2.45, 2.75) is 32.7 Å². The molecule has 1 amide bonds. The molecule has 0 aromatic heterocycles. The molecule has 0 aliphatic heterocycles. The highest BCUT2D eigenvalue weighted by atomic mass is 16.6. The molecule has 4 atom stereocenters. The summed E-state index contributed by atoms with van der Waals surface area (Å²) in [6.07, 6.45) is -0.662. The molecule has 9 nitrogen and oxygen atoms in total. The van der Waals surface area contributed by atoms with Crippen molar-refractivity contribution in [3.05, 3.63) is 39.9 Å². The molecule has 0 unspecified atom stereocenters. The zero-order chi connectivity index (χ0) is 20.3. The van der Waals surface area contributed by atoms with Gasteiger partial charge in [0.2, 0.25) is 0 Å². The summed E-state index contributed by atoms with van der Waals surface area (Å²) >= 11 is 0. The van der Waals surface area contributed by atoms with E-state index in [2.05, 4.69) is 5.32 Å². The maximum atomic E-state index is 12.5. The van der Waals surface area contributed by atoms with Crippen molar-refractivity contribution in [2.75, 3.05) is 5.32 Å². The fraction of sp³-hybridized carbons (Fsp3) is 0.444. The van der Waals surface area contributed by atoms with Gasteiger partial charge in [-0.05, 0) is 25.0 Å². The lowest BCUT2D eigenvalue weighted by Gasteiger charge is -2.22. The molecule has 0 bridgehead atoms. The van der Waals surface area contributed by atoms with E-state index in [4.69, 9.17) is 5.11 Å². The first kappa shape index (κ1) is 20.2. The summed E-state index contributed by atoms with van der Waals surface area (Å²) in [5.41, 5.74) is 1.23. The number of carboxylic acids is 1. The van der Waals surface area contributed by atoms with Crippen molar-refractivity contribution < 1.29 is 29.2 Å². The minimum atomic E-state index is -1.97. The number of carbonyl (C=O) groups excluding carboxylic acids is 3. The number of hydrogen-bond donors (Lipinski definition) is 2. The molecule has 0 radical (unpaired) electrons. The predicted molar refractivity (Wildman–Crippen MR) is 93.6 cm³/mol. The van der Waals surface area contributed by atoms with Gasteiger partial charge in [0.05, 0.1) is 6.42 Å². The Labute approximate surface area is 154 Å². The Hall–Kier alpha value is -3.10. The van der Waals surface area contributed by atoms with Crippen LogP contribution in [0.25, 0.3) is 0 Å². The molecule has 1 saturated carbocycles. The fourth-order valence-electron chi connectivity index (χ4n) is 3.56. The van der Waals surface area contributed by atoms with E-state index in [9.17, 15) is 29.3 Å². The Bertz CT molecular complexity index is 787. The van der Waals surface area contributed by atoms with Gasteiger partial charge in [0.15, 0.2) is 0 Å². The van der Waals surface area contributed by atoms with Crippen LogP contribution in [-0.4, -0.2) is 39.5 Å². The van der Waals surface area contributed by atoms with Crippen molar-refractivity contribution in [2.24, 2.45) is 17.8 Å². The summed E-state index contributed by atoms with van der Waals surface area (Å²) in [5, 5.41) is 22.9. The number of rotatable bonds is 7. The van der Waals surface area contributed by atoms with Gasteiger partial charge in [-0.25, -0.2) is 0 Å². The third kappa shape index (κ3) is 4.55. The van der Waals surface area contributed by atoms with Crippen molar-refractivity contribution in [3.63, 3.8) is 0 Å². The van der Waals surface area contributed by atoms with Crippen LogP contribution in [-0.2, 0) is 19.2 Å². The van der Waals surface area contributed by atoms with Crippen molar-refractivity contribution in [3.8, 4) is 0 Å². The molecule has 1 fully saturated rings. The molecule has 27 heavy (non-hydrogen) atoms. The summed E-state index contributed by atoms with van der Waals surface area (Å²) in [4.78, 5) is 58.5. The van der Waals surface area contributed by atoms with Gasteiger partial charge in [-0.1, -0.05) is 24.6 Å². The first-order valence-corrected chi connectivity index (χ1v) is 8.41. The zero-order valence-corrected chi connectivity index (χ0v) is 14.9. The minimum absolute atomic E-state index is 0.0557. The van der Waals surface area contributed by atoms with Crippen molar-refractivity contribution in [1.29, 1.82) is 0 Å². The number of Topliss-reactive ketones (excluding diaryl/α,β-unsaturated/α-hetero) is 2. The molecule has 2 N–H and O–H groups in total. The Kier molecular flexibility index (Phi) is 6.04. The van der Waals surface area contributed by atoms with Gasteiger partial charge in [-0.3, -0.25) is 29.3 Å². The summed E-state index contributed by atoms with van der Waals surface area (Å²) in [5.74, 6) is -7.06. The molecule has 1 aromatic carbocycles. The minimum Gasteiger partial charge on any atom is -0.481 e. The van der Waals surface area contributed by atoms with E-state index in [1.54, 1.807) is 31.2 Å². The number of nitrogens with zero attached hydrogens (tertiary/aromatic N) is 1. The average Bonchev–Trinajstić information content (AvgIpc) is 2.83. The summed E-state index contributed by atoms with van der Waals surface area (Å²) in [6.45, 7) is 3.38. The lowest BCUT2D eigenvalue weighted by atomic mass is 9.80. The van der Waals surface area contributed by atoms with Crippen molar-refractivity contribution >= 4 is 29.1 Å². The molecular weight excluding hydrogens is 356 g/mol. The molecule has 144 valence electrons. The lowest BCUT2D eigenvalue weighted by molar-refractivity contribution is -0.518. The number of anilines is 1. The molecule has 2 rings (SSSR count). The summed E-state index contributed by atoms with van der Waals surface area (Å²) in [7, 11) is 0. The van der Waals surface area contributed by atoms with E-state index in [0.717, 1.165) is 5.56 Å². The number of nitro groups is 1. The molecule has 0 spiro atoms. The maximum Gasteiger partial charge on any atom is 0.304 e. The van der Waals surface area contributed by atoms with Gasteiger partial charge in [0.25, 0.3) is 17.7 Å². The number of aliphatic carboxylic acids is 1. The second-order valence-corrected chi connectivity index (χ2v) is 6.84. The number of nitrogens with one attached hydrogen (secondary N) is 1. The number of aryl methyl sites for hydroxylation is 1. The van der Waals surface area contributed by atoms with Gasteiger partial charge in [0.1, 0.15) is 5.78 Å². The summed E-state index contributed by atoms with van der Waals surface area (Å²) < 4.78 is 0. The lowest BCUT2D eigenvalue weighted by Crippen LogP contribution is -2.46. The highest BCUT2D eigenvalue weighted by molar-refractivity contribution is 6.42. The van der Waals surface area contributed by atoms with Crippen LogP contribution in [0.2, 0.25) is 0 Å². The van der Waals surface area contributed by atoms with Crippen LogP contribution in [0.4, 0.5) is 5.69 Å². The third-order valence-corrected chi connectivity index (χ3v) is 4.85. The number of amides is 1. The quantitative estimate of drug-likeness (QED) is 0.416. The van der Waals surface area contributed by atoms with E-state index in [0.29, 0.717) is 5.69 Å². The maximum absolute atomic E-state index is 12.5. The largest absolute Gasteiger partial charge is 0.481 e. The second kappa shape index (κ2) is 8.07. The monoisotopic (exact) mass is 376 g/mol. The highest BCUT2D eigenvalue weighted by Gasteiger charge is 2.54. The van der Waals surface area contributed by atoms with E-state index in [1.165, 1.54) is 0 Å². The van der Waals surface area contributed by atoms with E-state index in [-0.39, 0.29) is 6.42 Å². The van der Waals surface area contributed by atoms with Gasteiger partial charge >= 0.3 is 5.97 Å². The van der Waals surface area contributed by atoms with Gasteiger partial charge in [0, 0.05) is 28.9 Å². The Morgan fingerprint density at radius 2 is 1.89 bits per heavy atom. The Morgan fingerprint density at radius 3 is 2.41 bits per heavy atom. The van der Waals surface area contributed by atoms with Crippen molar-refractivity contribution in [1.82, 2.24) is 0 Å². The molecular formula is C18H20N2O7. The van der Waals surface area contributed by atoms with E-state index >= 15 is 0 Å². The number of hydrogen-bond acceptors (Lipinski definition) is 6. The predicted octanol–water partition coefficient (Wildman–Crippen LogP) is 1.46. The number of ketones is 2. The summed E-state index contributed by atoms with van der Waals surface area (Å²) in [6, 6.07) is 4.53. The third-order valence-electron chi connectivity index (χ3n) is 4.85. The SMILES string of the molecule is Cc1ccc(NC(=O)C(=O)[C@H]([C@H]2[C@H](C)CC(=O)[C@@H]2CC(=O)O)[N+](=O)[O-])cc1. The van der Waals surface area contributed by atoms with Crippen LogP contribution < -0.4 is 5.32 Å². The van der Waals surface area contributed by atoms with Crippen LogP contribution in [0.3, 0.4) is 0 Å². The van der Waals surface area contributed by atoms with Crippen LogP contribution in [0.15, 0.2) is 24.3 Å². The van der Waals surface area contributed by atoms with Crippen LogP contribution in [0, 0.1) is 34.8 Å². The Morgan fingerprint density at radius 1 is 1.30 bits per heavy atom. The molecule has 0 heterocycles. The van der Waals surface area contributed by atoms with Crippen LogP contribution in [0.1, 0.15) is 25.3 Å². The first-order chi connectivity index (χ1) is 12.6.